The highest BCUT2D eigenvalue weighted by atomic mass is 19.1. The topological polar surface area (TPSA) is 41.1 Å². The third kappa shape index (κ3) is 3.11. The van der Waals surface area contributed by atoms with E-state index in [1.54, 1.807) is 24.5 Å². The van der Waals surface area contributed by atoms with Gasteiger partial charge in [-0.1, -0.05) is 18.2 Å². The van der Waals surface area contributed by atoms with Crippen molar-refractivity contribution in [2.45, 2.75) is 19.5 Å². The van der Waals surface area contributed by atoms with Crippen LogP contribution in [0.3, 0.4) is 0 Å². The average molecular weight is 274 g/mol. The summed E-state index contributed by atoms with van der Waals surface area (Å²) >= 11 is 0. The van der Waals surface area contributed by atoms with Crippen LogP contribution in [0.1, 0.15) is 24.2 Å². The fourth-order valence-corrected chi connectivity index (χ4v) is 2.05. The van der Waals surface area contributed by atoms with Gasteiger partial charge >= 0.3 is 0 Å². The van der Waals surface area contributed by atoms with Gasteiger partial charge in [0.05, 0.1) is 17.9 Å². The molecule has 5 heteroatoms. The SMILES string of the molecule is CNCc1cncc(N(C)C(C)c2ccccc2F)n1. The number of nitrogens with one attached hydrogen (secondary N) is 1. The Bertz CT molecular complexity index is 573. The maximum atomic E-state index is 13.8. The Hall–Kier alpha value is -2.01. The van der Waals surface area contributed by atoms with E-state index in [0.29, 0.717) is 12.1 Å². The molecule has 0 aliphatic heterocycles. The van der Waals surface area contributed by atoms with Gasteiger partial charge < -0.3 is 10.2 Å². The lowest BCUT2D eigenvalue weighted by Gasteiger charge is -2.26. The normalized spacial score (nSPS) is 12.2. The minimum atomic E-state index is -0.203. The van der Waals surface area contributed by atoms with Crippen LogP contribution >= 0.6 is 0 Å². The maximum absolute atomic E-state index is 13.8. The van der Waals surface area contributed by atoms with Crippen molar-refractivity contribution < 1.29 is 4.39 Å². The van der Waals surface area contributed by atoms with E-state index in [1.165, 1.54) is 6.07 Å². The van der Waals surface area contributed by atoms with Crippen molar-refractivity contribution >= 4 is 5.82 Å². The van der Waals surface area contributed by atoms with Crippen LogP contribution in [0.25, 0.3) is 0 Å². The first-order chi connectivity index (χ1) is 9.63. The van der Waals surface area contributed by atoms with Crippen LogP contribution in [-0.4, -0.2) is 24.1 Å². The van der Waals surface area contributed by atoms with Crippen LogP contribution in [0.2, 0.25) is 0 Å². The van der Waals surface area contributed by atoms with Crippen molar-refractivity contribution in [2.24, 2.45) is 0 Å². The summed E-state index contributed by atoms with van der Waals surface area (Å²) in [5, 5.41) is 3.04. The molecule has 0 spiro atoms. The standard InChI is InChI=1S/C15H19FN4/c1-11(13-6-4-5-7-14(13)16)20(3)15-10-18-9-12(19-15)8-17-2/h4-7,9-11,17H,8H2,1-3H3. The molecule has 2 rings (SSSR count). The molecule has 1 heterocycles. The summed E-state index contributed by atoms with van der Waals surface area (Å²) in [6.45, 7) is 2.60. The van der Waals surface area contributed by atoms with E-state index >= 15 is 0 Å². The molecule has 1 aromatic heterocycles. The van der Waals surface area contributed by atoms with Gasteiger partial charge in [0.15, 0.2) is 0 Å². The summed E-state index contributed by atoms with van der Waals surface area (Å²) in [4.78, 5) is 10.6. The summed E-state index contributed by atoms with van der Waals surface area (Å²) in [5.74, 6) is 0.527. The Morgan fingerprint density at radius 3 is 2.75 bits per heavy atom. The van der Waals surface area contributed by atoms with Crippen LogP contribution in [-0.2, 0) is 6.54 Å². The summed E-state index contributed by atoms with van der Waals surface area (Å²) < 4.78 is 13.8. The highest BCUT2D eigenvalue weighted by molar-refractivity contribution is 5.40. The summed E-state index contributed by atoms with van der Waals surface area (Å²) in [5.41, 5.74) is 1.51. The number of halogens is 1. The molecule has 20 heavy (non-hydrogen) atoms. The number of aromatic nitrogens is 2. The average Bonchev–Trinajstić information content (AvgIpc) is 2.47. The maximum Gasteiger partial charge on any atom is 0.147 e. The number of benzene rings is 1. The zero-order valence-electron chi connectivity index (χ0n) is 12.0. The van der Waals surface area contributed by atoms with Gasteiger partial charge in [0.1, 0.15) is 11.6 Å². The molecule has 1 atom stereocenters. The molecule has 1 unspecified atom stereocenters. The fraction of sp³-hybridized carbons (Fsp3) is 0.333. The second kappa shape index (κ2) is 6.43. The first kappa shape index (κ1) is 14.4. The van der Waals surface area contributed by atoms with Crippen molar-refractivity contribution in [1.82, 2.24) is 15.3 Å². The van der Waals surface area contributed by atoms with E-state index in [2.05, 4.69) is 15.3 Å². The summed E-state index contributed by atoms with van der Waals surface area (Å²) in [7, 11) is 3.75. The van der Waals surface area contributed by atoms with E-state index in [9.17, 15) is 4.39 Å². The van der Waals surface area contributed by atoms with E-state index in [1.807, 2.05) is 32.0 Å². The second-order valence-corrected chi connectivity index (χ2v) is 4.71. The van der Waals surface area contributed by atoms with Gasteiger partial charge in [-0.15, -0.1) is 0 Å². The van der Waals surface area contributed by atoms with Gasteiger partial charge in [-0.05, 0) is 20.0 Å². The van der Waals surface area contributed by atoms with Crippen LogP contribution in [0.4, 0.5) is 10.2 Å². The smallest absolute Gasteiger partial charge is 0.147 e. The molecule has 0 amide bonds. The Balaban J connectivity index is 2.24. The molecule has 4 nitrogen and oxygen atoms in total. The fourth-order valence-electron chi connectivity index (χ4n) is 2.05. The molecule has 1 aromatic carbocycles. The van der Waals surface area contributed by atoms with Gasteiger partial charge in [-0.25, -0.2) is 9.37 Å². The zero-order valence-corrected chi connectivity index (χ0v) is 12.0. The molecule has 0 aliphatic rings. The molecule has 0 fully saturated rings. The van der Waals surface area contributed by atoms with Gasteiger partial charge in [-0.3, -0.25) is 4.98 Å². The Morgan fingerprint density at radius 2 is 2.05 bits per heavy atom. The zero-order chi connectivity index (χ0) is 14.5. The van der Waals surface area contributed by atoms with E-state index in [4.69, 9.17) is 0 Å². The molecule has 1 N–H and O–H groups in total. The number of hydrogen-bond acceptors (Lipinski definition) is 4. The lowest BCUT2D eigenvalue weighted by molar-refractivity contribution is 0.583. The van der Waals surface area contributed by atoms with Crippen molar-refractivity contribution in [1.29, 1.82) is 0 Å². The van der Waals surface area contributed by atoms with Crippen LogP contribution in [0, 0.1) is 5.82 Å². The third-order valence-electron chi connectivity index (χ3n) is 3.33. The van der Waals surface area contributed by atoms with Gasteiger partial charge in [0.25, 0.3) is 0 Å². The lowest BCUT2D eigenvalue weighted by Crippen LogP contribution is -2.24. The van der Waals surface area contributed by atoms with E-state index < -0.39 is 0 Å². The third-order valence-corrected chi connectivity index (χ3v) is 3.33. The molecule has 0 aliphatic carbocycles. The van der Waals surface area contributed by atoms with Crippen LogP contribution in [0.15, 0.2) is 36.7 Å². The van der Waals surface area contributed by atoms with Crippen molar-refractivity contribution in [3.63, 3.8) is 0 Å². The Labute approximate surface area is 118 Å². The highest BCUT2D eigenvalue weighted by Gasteiger charge is 2.17. The summed E-state index contributed by atoms with van der Waals surface area (Å²) in [6, 6.07) is 6.69. The molecular weight excluding hydrogens is 255 g/mol. The van der Waals surface area contributed by atoms with Crippen LogP contribution < -0.4 is 10.2 Å². The predicted molar refractivity (Wildman–Crippen MR) is 78.0 cm³/mol. The molecular formula is C15H19FN4. The number of hydrogen-bond donors (Lipinski definition) is 1. The summed E-state index contributed by atoms with van der Waals surface area (Å²) in [6.07, 6.45) is 3.41. The largest absolute Gasteiger partial charge is 0.352 e. The number of rotatable bonds is 5. The van der Waals surface area contributed by atoms with Crippen molar-refractivity contribution in [3.05, 3.63) is 53.7 Å². The van der Waals surface area contributed by atoms with Crippen LogP contribution in [0.5, 0.6) is 0 Å². The lowest BCUT2D eigenvalue weighted by atomic mass is 10.1. The Kier molecular flexibility index (Phi) is 4.63. The monoisotopic (exact) mass is 274 g/mol. The molecule has 0 bridgehead atoms. The van der Waals surface area contributed by atoms with E-state index in [0.717, 1.165) is 11.5 Å². The quantitative estimate of drug-likeness (QED) is 0.909. The van der Waals surface area contributed by atoms with E-state index in [-0.39, 0.29) is 11.9 Å². The molecule has 0 saturated carbocycles. The molecule has 106 valence electrons. The predicted octanol–water partition coefficient (Wildman–Crippen LogP) is 2.53. The van der Waals surface area contributed by atoms with Crippen molar-refractivity contribution in [2.75, 3.05) is 19.0 Å². The molecule has 2 aromatic rings. The van der Waals surface area contributed by atoms with Gasteiger partial charge in [0, 0.05) is 25.4 Å². The Morgan fingerprint density at radius 1 is 1.30 bits per heavy atom. The number of nitrogens with zero attached hydrogens (tertiary/aromatic N) is 3. The highest BCUT2D eigenvalue weighted by Crippen LogP contribution is 2.25. The first-order valence-corrected chi connectivity index (χ1v) is 6.56. The first-order valence-electron chi connectivity index (χ1n) is 6.56. The molecule has 0 saturated heterocycles. The van der Waals surface area contributed by atoms with Gasteiger partial charge in [0.2, 0.25) is 0 Å². The minimum Gasteiger partial charge on any atom is -0.352 e. The van der Waals surface area contributed by atoms with Crippen molar-refractivity contribution in [3.8, 4) is 0 Å². The number of anilines is 1. The minimum absolute atomic E-state index is 0.115. The second-order valence-electron chi connectivity index (χ2n) is 4.71. The van der Waals surface area contributed by atoms with Gasteiger partial charge in [-0.2, -0.15) is 0 Å². The molecule has 0 radical (unpaired) electrons.